The first kappa shape index (κ1) is 20.4. The Hall–Kier alpha value is -3.29. The van der Waals surface area contributed by atoms with Crippen LogP contribution in [0, 0.1) is 0 Å². The second-order valence-corrected chi connectivity index (χ2v) is 6.05. The van der Waals surface area contributed by atoms with E-state index < -0.39 is 17.7 Å². The molecule has 3 aromatic rings. The number of benzene rings is 2. The maximum Gasteiger partial charge on any atom is 0.416 e. The van der Waals surface area contributed by atoms with Crippen LogP contribution in [0.25, 0.3) is 10.9 Å². The topological polar surface area (TPSA) is 60.5 Å². The first-order valence-corrected chi connectivity index (χ1v) is 9.01. The number of nitrogens with one attached hydrogen (secondary N) is 1. The van der Waals surface area contributed by atoms with Gasteiger partial charge in [-0.3, -0.25) is 4.98 Å². The lowest BCUT2D eigenvalue weighted by Crippen LogP contribution is -2.10. The average molecular weight is 404 g/mol. The van der Waals surface area contributed by atoms with Gasteiger partial charge in [0.25, 0.3) is 0 Å². The lowest BCUT2D eigenvalue weighted by molar-refractivity contribution is -0.137. The molecular weight excluding hydrogens is 385 g/mol. The maximum absolute atomic E-state index is 13.1. The second-order valence-electron chi connectivity index (χ2n) is 6.05. The summed E-state index contributed by atoms with van der Waals surface area (Å²) in [4.78, 5) is 16.5. The van der Waals surface area contributed by atoms with E-state index in [9.17, 15) is 18.0 Å². The molecule has 152 valence electrons. The normalized spacial score (nSPS) is 11.3. The highest BCUT2D eigenvalue weighted by Gasteiger charge is 2.31. The Balaban J connectivity index is 2.18. The summed E-state index contributed by atoms with van der Waals surface area (Å²) in [5.74, 6) is -0.0835. The summed E-state index contributed by atoms with van der Waals surface area (Å²) < 4.78 is 49.9. The number of carbonyl (C=O) groups excluding carboxylic acids is 1. The molecule has 1 heterocycles. The summed E-state index contributed by atoms with van der Waals surface area (Å²) in [6.07, 6.45) is -3.28. The predicted molar refractivity (Wildman–Crippen MR) is 104 cm³/mol. The third kappa shape index (κ3) is 4.42. The van der Waals surface area contributed by atoms with Crippen LogP contribution in [0.4, 0.5) is 24.5 Å². The molecule has 0 saturated carbocycles. The SMILES string of the molecule is CCOC(=O)c1cnc2cc(C(F)(F)F)ccc2c1Nc1ccccc1OCC. The quantitative estimate of drug-likeness (QED) is 0.544. The number of anilines is 2. The highest BCUT2D eigenvalue weighted by molar-refractivity contribution is 6.06. The minimum absolute atomic E-state index is 0.101. The fraction of sp³-hybridized carbons (Fsp3) is 0.238. The zero-order valence-electron chi connectivity index (χ0n) is 15.8. The van der Waals surface area contributed by atoms with Crippen molar-refractivity contribution in [3.05, 3.63) is 59.8 Å². The van der Waals surface area contributed by atoms with Gasteiger partial charge in [0.1, 0.15) is 11.3 Å². The van der Waals surface area contributed by atoms with Crippen molar-refractivity contribution in [2.45, 2.75) is 20.0 Å². The highest BCUT2D eigenvalue weighted by Crippen LogP contribution is 2.36. The number of esters is 1. The minimum atomic E-state index is -4.50. The first-order valence-electron chi connectivity index (χ1n) is 9.01. The molecule has 29 heavy (non-hydrogen) atoms. The van der Waals surface area contributed by atoms with Crippen LogP contribution in [0.15, 0.2) is 48.7 Å². The van der Waals surface area contributed by atoms with Crippen molar-refractivity contribution in [2.24, 2.45) is 0 Å². The van der Waals surface area contributed by atoms with E-state index in [4.69, 9.17) is 9.47 Å². The van der Waals surface area contributed by atoms with Crippen molar-refractivity contribution in [1.29, 1.82) is 0 Å². The largest absolute Gasteiger partial charge is 0.492 e. The molecule has 0 unspecified atom stereocenters. The van der Waals surface area contributed by atoms with Crippen molar-refractivity contribution in [1.82, 2.24) is 4.98 Å². The Morgan fingerprint density at radius 2 is 1.86 bits per heavy atom. The smallest absolute Gasteiger partial charge is 0.416 e. The number of ether oxygens (including phenoxy) is 2. The van der Waals surface area contributed by atoms with Gasteiger partial charge in [-0.05, 0) is 38.1 Å². The van der Waals surface area contributed by atoms with Gasteiger partial charge in [0.2, 0.25) is 0 Å². The molecule has 0 aliphatic carbocycles. The van der Waals surface area contributed by atoms with Crippen LogP contribution in [-0.4, -0.2) is 24.2 Å². The number of alkyl halides is 3. The summed E-state index contributed by atoms with van der Waals surface area (Å²) in [5, 5.41) is 3.48. The van der Waals surface area contributed by atoms with E-state index in [2.05, 4.69) is 10.3 Å². The Morgan fingerprint density at radius 1 is 1.10 bits per heavy atom. The molecule has 0 atom stereocenters. The van der Waals surface area contributed by atoms with Gasteiger partial charge in [0.15, 0.2) is 0 Å². The molecule has 8 heteroatoms. The number of pyridine rings is 1. The van der Waals surface area contributed by atoms with Crippen LogP contribution >= 0.6 is 0 Å². The number of nitrogens with zero attached hydrogens (tertiary/aromatic N) is 1. The molecule has 0 aliphatic heterocycles. The van der Waals surface area contributed by atoms with Gasteiger partial charge in [-0.25, -0.2) is 4.79 Å². The molecule has 0 radical (unpaired) electrons. The molecule has 0 fully saturated rings. The Morgan fingerprint density at radius 3 is 2.55 bits per heavy atom. The average Bonchev–Trinajstić information content (AvgIpc) is 2.69. The lowest BCUT2D eigenvalue weighted by atomic mass is 10.1. The van der Waals surface area contributed by atoms with E-state index in [1.165, 1.54) is 12.3 Å². The van der Waals surface area contributed by atoms with Gasteiger partial charge in [0, 0.05) is 11.6 Å². The molecule has 0 spiro atoms. The minimum Gasteiger partial charge on any atom is -0.492 e. The fourth-order valence-electron chi connectivity index (χ4n) is 2.85. The number of para-hydroxylation sites is 2. The van der Waals surface area contributed by atoms with Gasteiger partial charge in [-0.2, -0.15) is 13.2 Å². The molecule has 1 aromatic heterocycles. The Bertz CT molecular complexity index is 1040. The standard InChI is InChI=1S/C21H19F3N2O3/c1-3-28-18-8-6-5-7-16(18)26-19-14-10-9-13(21(22,23)24)11-17(14)25-12-15(19)20(27)29-4-2/h5-12H,3-4H2,1-2H3,(H,25,26). The van der Waals surface area contributed by atoms with E-state index >= 15 is 0 Å². The second kappa shape index (κ2) is 8.38. The van der Waals surface area contributed by atoms with E-state index in [0.717, 1.165) is 12.1 Å². The fourth-order valence-corrected chi connectivity index (χ4v) is 2.85. The molecule has 0 aliphatic rings. The van der Waals surface area contributed by atoms with Crippen molar-refractivity contribution in [2.75, 3.05) is 18.5 Å². The number of rotatable bonds is 6. The maximum atomic E-state index is 13.1. The van der Waals surface area contributed by atoms with Crippen LogP contribution in [0.3, 0.4) is 0 Å². The lowest BCUT2D eigenvalue weighted by Gasteiger charge is -2.17. The molecule has 2 aromatic carbocycles. The third-order valence-corrected chi connectivity index (χ3v) is 4.14. The molecular formula is C21H19F3N2O3. The van der Waals surface area contributed by atoms with Crippen LogP contribution in [-0.2, 0) is 10.9 Å². The van der Waals surface area contributed by atoms with E-state index in [1.54, 1.807) is 31.2 Å². The van der Waals surface area contributed by atoms with Crippen molar-refractivity contribution in [3.63, 3.8) is 0 Å². The number of aromatic nitrogens is 1. The number of fused-ring (bicyclic) bond motifs is 1. The van der Waals surface area contributed by atoms with Gasteiger partial charge in [-0.15, -0.1) is 0 Å². The van der Waals surface area contributed by atoms with Gasteiger partial charge in [0.05, 0.1) is 35.7 Å². The van der Waals surface area contributed by atoms with Crippen LogP contribution in [0.2, 0.25) is 0 Å². The zero-order valence-corrected chi connectivity index (χ0v) is 15.8. The van der Waals surface area contributed by atoms with Crippen molar-refractivity contribution >= 4 is 28.2 Å². The Kier molecular flexibility index (Phi) is 5.91. The zero-order chi connectivity index (χ0) is 21.0. The van der Waals surface area contributed by atoms with Crippen LogP contribution in [0.5, 0.6) is 5.75 Å². The predicted octanol–water partition coefficient (Wildman–Crippen LogP) is 5.57. The number of carbonyl (C=O) groups is 1. The molecule has 0 saturated heterocycles. The summed E-state index contributed by atoms with van der Waals surface area (Å²) in [6.45, 7) is 4.08. The molecule has 1 N–H and O–H groups in total. The Labute approximate surface area is 165 Å². The number of hydrogen-bond donors (Lipinski definition) is 1. The van der Waals surface area contributed by atoms with E-state index in [0.29, 0.717) is 29.1 Å². The molecule has 5 nitrogen and oxygen atoms in total. The van der Waals surface area contributed by atoms with Crippen LogP contribution < -0.4 is 10.1 Å². The van der Waals surface area contributed by atoms with E-state index in [-0.39, 0.29) is 17.7 Å². The first-order chi connectivity index (χ1) is 13.8. The monoisotopic (exact) mass is 404 g/mol. The van der Waals surface area contributed by atoms with Gasteiger partial charge >= 0.3 is 12.1 Å². The molecule has 0 amide bonds. The number of hydrogen-bond acceptors (Lipinski definition) is 5. The third-order valence-electron chi connectivity index (χ3n) is 4.14. The van der Waals surface area contributed by atoms with Crippen molar-refractivity contribution < 1.29 is 27.4 Å². The van der Waals surface area contributed by atoms with Gasteiger partial charge in [-0.1, -0.05) is 18.2 Å². The van der Waals surface area contributed by atoms with Crippen molar-refractivity contribution in [3.8, 4) is 5.75 Å². The molecule has 3 rings (SSSR count). The van der Waals surface area contributed by atoms with Gasteiger partial charge < -0.3 is 14.8 Å². The van der Waals surface area contributed by atoms with Crippen LogP contribution in [0.1, 0.15) is 29.8 Å². The summed E-state index contributed by atoms with van der Waals surface area (Å²) in [7, 11) is 0. The highest BCUT2D eigenvalue weighted by atomic mass is 19.4. The molecule has 0 bridgehead atoms. The summed E-state index contributed by atoms with van der Waals surface area (Å²) in [5.41, 5.74) is 0.262. The number of halogens is 3. The van der Waals surface area contributed by atoms with E-state index in [1.807, 2.05) is 6.92 Å². The summed E-state index contributed by atoms with van der Waals surface area (Å²) in [6, 6.07) is 10.3. The summed E-state index contributed by atoms with van der Waals surface area (Å²) >= 11 is 0.